The summed E-state index contributed by atoms with van der Waals surface area (Å²) in [4.78, 5) is 2.69. The van der Waals surface area contributed by atoms with Gasteiger partial charge in [0, 0.05) is 6.04 Å². The molecule has 0 aliphatic carbocycles. The minimum atomic E-state index is 0.717. The van der Waals surface area contributed by atoms with Crippen LogP contribution in [0, 0.1) is 5.41 Å². The monoisotopic (exact) mass is 210 g/mol. The van der Waals surface area contributed by atoms with Crippen molar-refractivity contribution in [2.45, 2.75) is 52.0 Å². The van der Waals surface area contributed by atoms with Crippen LogP contribution in [0.3, 0.4) is 0 Å². The van der Waals surface area contributed by atoms with E-state index in [2.05, 4.69) is 24.1 Å². The molecule has 0 aromatic rings. The summed E-state index contributed by atoms with van der Waals surface area (Å²) in [5, 5.41) is 3.49. The molecule has 1 N–H and O–H groups in total. The van der Waals surface area contributed by atoms with Crippen LogP contribution < -0.4 is 5.32 Å². The molecule has 0 amide bonds. The summed E-state index contributed by atoms with van der Waals surface area (Å²) in [6.07, 6.45) is 7.02. The zero-order valence-electron chi connectivity index (χ0n) is 10.4. The smallest absolute Gasteiger partial charge is 0.00643 e. The van der Waals surface area contributed by atoms with E-state index < -0.39 is 0 Å². The van der Waals surface area contributed by atoms with Crippen LogP contribution in [0.4, 0.5) is 0 Å². The van der Waals surface area contributed by atoms with E-state index in [1.165, 1.54) is 58.3 Å². The zero-order valence-corrected chi connectivity index (χ0v) is 10.4. The lowest BCUT2D eigenvalue weighted by Gasteiger charge is -2.46. The van der Waals surface area contributed by atoms with Gasteiger partial charge in [0.15, 0.2) is 0 Å². The first-order chi connectivity index (χ1) is 7.26. The molecule has 2 fully saturated rings. The van der Waals surface area contributed by atoms with E-state index in [0.717, 1.165) is 11.5 Å². The van der Waals surface area contributed by atoms with Gasteiger partial charge < -0.3 is 10.2 Å². The standard InChI is InChI=1S/C13H26N2/c1-3-12(2)15-10-6-13(7-11-15)4-8-14-9-5-13/h12,14H,3-11H2,1-2H3. The summed E-state index contributed by atoms with van der Waals surface area (Å²) in [6.45, 7) is 9.87. The Labute approximate surface area is 94.4 Å². The maximum Gasteiger partial charge on any atom is 0.00643 e. The maximum atomic E-state index is 3.49. The van der Waals surface area contributed by atoms with Crippen LogP contribution in [0.1, 0.15) is 46.0 Å². The second kappa shape index (κ2) is 4.84. The Morgan fingerprint density at radius 1 is 1.13 bits per heavy atom. The van der Waals surface area contributed by atoms with Gasteiger partial charge in [-0.3, -0.25) is 0 Å². The Bertz CT molecular complexity index is 187. The number of piperidine rings is 2. The van der Waals surface area contributed by atoms with Gasteiger partial charge in [-0.05, 0) is 70.6 Å². The first kappa shape index (κ1) is 11.4. The third-order valence-corrected chi connectivity index (χ3v) is 4.74. The molecular weight excluding hydrogens is 184 g/mol. The highest BCUT2D eigenvalue weighted by atomic mass is 15.2. The molecule has 2 heterocycles. The molecule has 0 bridgehead atoms. The van der Waals surface area contributed by atoms with Gasteiger partial charge in [-0.2, -0.15) is 0 Å². The third-order valence-electron chi connectivity index (χ3n) is 4.74. The molecule has 2 saturated heterocycles. The van der Waals surface area contributed by atoms with Gasteiger partial charge in [-0.15, -0.1) is 0 Å². The Morgan fingerprint density at radius 3 is 2.27 bits per heavy atom. The second-order valence-corrected chi connectivity index (χ2v) is 5.54. The quantitative estimate of drug-likeness (QED) is 0.752. The molecular formula is C13H26N2. The zero-order chi connectivity index (χ0) is 10.7. The van der Waals surface area contributed by atoms with Gasteiger partial charge in [0.05, 0.1) is 0 Å². The lowest BCUT2D eigenvalue weighted by atomic mass is 9.71. The number of likely N-dealkylation sites (tertiary alicyclic amines) is 1. The van der Waals surface area contributed by atoms with E-state index >= 15 is 0 Å². The van der Waals surface area contributed by atoms with E-state index in [1.807, 2.05) is 0 Å². The average molecular weight is 210 g/mol. The van der Waals surface area contributed by atoms with Crippen molar-refractivity contribution in [1.29, 1.82) is 0 Å². The summed E-state index contributed by atoms with van der Waals surface area (Å²) in [5.74, 6) is 0. The van der Waals surface area contributed by atoms with E-state index in [0.29, 0.717) is 0 Å². The molecule has 0 saturated carbocycles. The predicted molar refractivity (Wildman–Crippen MR) is 65.1 cm³/mol. The topological polar surface area (TPSA) is 15.3 Å². The Morgan fingerprint density at radius 2 is 1.73 bits per heavy atom. The van der Waals surface area contributed by atoms with Gasteiger partial charge in [0.2, 0.25) is 0 Å². The molecule has 1 spiro atoms. The number of rotatable bonds is 2. The van der Waals surface area contributed by atoms with E-state index in [1.54, 1.807) is 0 Å². The second-order valence-electron chi connectivity index (χ2n) is 5.54. The molecule has 15 heavy (non-hydrogen) atoms. The van der Waals surface area contributed by atoms with Crippen molar-refractivity contribution in [2.24, 2.45) is 5.41 Å². The van der Waals surface area contributed by atoms with Crippen LogP contribution >= 0.6 is 0 Å². The molecule has 0 radical (unpaired) electrons. The highest BCUT2D eigenvalue weighted by molar-refractivity contribution is 4.90. The van der Waals surface area contributed by atoms with Gasteiger partial charge in [-0.25, -0.2) is 0 Å². The molecule has 2 aliphatic heterocycles. The molecule has 2 rings (SSSR count). The van der Waals surface area contributed by atoms with Crippen molar-refractivity contribution in [2.75, 3.05) is 26.2 Å². The fraction of sp³-hybridized carbons (Fsp3) is 1.00. The summed E-state index contributed by atoms with van der Waals surface area (Å²) in [5.41, 5.74) is 0.717. The van der Waals surface area contributed by atoms with Gasteiger partial charge >= 0.3 is 0 Å². The number of nitrogens with one attached hydrogen (secondary N) is 1. The van der Waals surface area contributed by atoms with Crippen LogP contribution in [-0.2, 0) is 0 Å². The third kappa shape index (κ3) is 2.54. The van der Waals surface area contributed by atoms with E-state index in [-0.39, 0.29) is 0 Å². The summed E-state index contributed by atoms with van der Waals surface area (Å²) >= 11 is 0. The first-order valence-electron chi connectivity index (χ1n) is 6.70. The maximum absolute atomic E-state index is 3.49. The highest BCUT2D eigenvalue weighted by Gasteiger charge is 2.36. The largest absolute Gasteiger partial charge is 0.317 e. The predicted octanol–water partition coefficient (Wildman–Crippen LogP) is 2.25. The van der Waals surface area contributed by atoms with Crippen molar-refractivity contribution in [3.05, 3.63) is 0 Å². The minimum absolute atomic E-state index is 0.717. The molecule has 2 nitrogen and oxygen atoms in total. The molecule has 0 aromatic carbocycles. The fourth-order valence-corrected chi connectivity index (χ4v) is 3.15. The van der Waals surface area contributed by atoms with Gasteiger partial charge in [0.1, 0.15) is 0 Å². The van der Waals surface area contributed by atoms with Crippen LogP contribution in [0.15, 0.2) is 0 Å². The Balaban J connectivity index is 1.85. The summed E-state index contributed by atoms with van der Waals surface area (Å²) < 4.78 is 0. The number of hydrogen-bond acceptors (Lipinski definition) is 2. The highest BCUT2D eigenvalue weighted by Crippen LogP contribution is 2.39. The van der Waals surface area contributed by atoms with Crippen molar-refractivity contribution in [3.63, 3.8) is 0 Å². The Kier molecular flexibility index (Phi) is 3.68. The first-order valence-corrected chi connectivity index (χ1v) is 6.70. The van der Waals surface area contributed by atoms with Crippen LogP contribution in [0.2, 0.25) is 0 Å². The SMILES string of the molecule is CCC(C)N1CCC2(CCNCC2)CC1. The molecule has 2 aliphatic rings. The van der Waals surface area contributed by atoms with Crippen LogP contribution in [0.5, 0.6) is 0 Å². The van der Waals surface area contributed by atoms with Crippen LogP contribution in [0.25, 0.3) is 0 Å². The van der Waals surface area contributed by atoms with Crippen molar-refractivity contribution in [1.82, 2.24) is 10.2 Å². The van der Waals surface area contributed by atoms with Crippen molar-refractivity contribution < 1.29 is 0 Å². The minimum Gasteiger partial charge on any atom is -0.317 e. The van der Waals surface area contributed by atoms with E-state index in [9.17, 15) is 0 Å². The molecule has 0 aromatic heterocycles. The molecule has 2 heteroatoms. The lowest BCUT2D eigenvalue weighted by Crippen LogP contribution is -2.47. The molecule has 1 unspecified atom stereocenters. The number of nitrogens with zero attached hydrogens (tertiary/aromatic N) is 1. The molecule has 88 valence electrons. The van der Waals surface area contributed by atoms with Crippen molar-refractivity contribution in [3.8, 4) is 0 Å². The van der Waals surface area contributed by atoms with Gasteiger partial charge in [-0.1, -0.05) is 6.92 Å². The van der Waals surface area contributed by atoms with E-state index in [4.69, 9.17) is 0 Å². The van der Waals surface area contributed by atoms with Gasteiger partial charge in [0.25, 0.3) is 0 Å². The summed E-state index contributed by atoms with van der Waals surface area (Å²) in [7, 11) is 0. The van der Waals surface area contributed by atoms with Crippen LogP contribution in [-0.4, -0.2) is 37.1 Å². The number of hydrogen-bond donors (Lipinski definition) is 1. The Hall–Kier alpha value is -0.0800. The summed E-state index contributed by atoms with van der Waals surface area (Å²) in [6, 6.07) is 0.795. The normalized spacial score (nSPS) is 29.2. The van der Waals surface area contributed by atoms with Crippen molar-refractivity contribution >= 4 is 0 Å². The lowest BCUT2D eigenvalue weighted by molar-refractivity contribution is 0.0532. The average Bonchev–Trinajstić information content (AvgIpc) is 2.30. The fourth-order valence-electron chi connectivity index (χ4n) is 3.15. The molecule has 1 atom stereocenters.